The maximum atomic E-state index is 11.9. The molecule has 0 atom stereocenters. The molecule has 1 amide bonds. The van der Waals surface area contributed by atoms with Gasteiger partial charge in [-0.25, -0.2) is 4.79 Å². The summed E-state index contributed by atoms with van der Waals surface area (Å²) < 4.78 is 5.65. The van der Waals surface area contributed by atoms with E-state index in [1.54, 1.807) is 14.1 Å². The van der Waals surface area contributed by atoms with Crippen molar-refractivity contribution in [2.75, 3.05) is 28.2 Å². The highest BCUT2D eigenvalue weighted by Crippen LogP contribution is 2.32. The number of benzene rings is 1. The lowest BCUT2D eigenvalue weighted by molar-refractivity contribution is -0.872. The summed E-state index contributed by atoms with van der Waals surface area (Å²) in [6, 6.07) is 4.17. The van der Waals surface area contributed by atoms with Crippen molar-refractivity contribution < 1.29 is 14.4 Å². The highest BCUT2D eigenvalue weighted by molar-refractivity contribution is 5.71. The van der Waals surface area contributed by atoms with Crippen LogP contribution in [0.1, 0.15) is 36.5 Å². The van der Waals surface area contributed by atoms with Crippen molar-refractivity contribution in [2.45, 2.75) is 33.2 Å². The van der Waals surface area contributed by atoms with Gasteiger partial charge in [-0.1, -0.05) is 26.0 Å². The Labute approximate surface area is 122 Å². The molecule has 0 saturated heterocycles. The largest absolute Gasteiger partial charge is 0.414 e. The second-order valence-electron chi connectivity index (χ2n) is 6.08. The van der Waals surface area contributed by atoms with Crippen molar-refractivity contribution in [2.24, 2.45) is 0 Å². The Morgan fingerprint density at radius 2 is 1.90 bits per heavy atom. The fourth-order valence-corrected chi connectivity index (χ4v) is 2.07. The third-order valence-electron chi connectivity index (χ3n) is 3.23. The zero-order chi connectivity index (χ0) is 15.4. The van der Waals surface area contributed by atoms with Crippen LogP contribution in [0, 0.1) is 6.92 Å². The third-order valence-corrected chi connectivity index (χ3v) is 3.23. The first-order valence-electron chi connectivity index (χ1n) is 7.04. The third kappa shape index (κ3) is 3.97. The van der Waals surface area contributed by atoms with Gasteiger partial charge < -0.3 is 14.5 Å². The van der Waals surface area contributed by atoms with Gasteiger partial charge in [-0.05, 0) is 24.0 Å². The van der Waals surface area contributed by atoms with Crippen molar-refractivity contribution in [3.05, 3.63) is 28.8 Å². The number of hydrogen-bond acceptors (Lipinski definition) is 2. The molecule has 1 aromatic rings. The second kappa shape index (κ2) is 6.75. The lowest BCUT2D eigenvalue weighted by Gasteiger charge is -2.21. The van der Waals surface area contributed by atoms with Crippen LogP contribution >= 0.6 is 0 Å². The SMILES string of the molecule is Cc1ccc(C(C)C)c(OC(=O)N(C)C)c1C[NH+](C)C. The van der Waals surface area contributed by atoms with Crippen LogP contribution in [0.3, 0.4) is 0 Å². The van der Waals surface area contributed by atoms with Crippen LogP contribution in [-0.4, -0.2) is 39.2 Å². The Kier molecular flexibility index (Phi) is 5.57. The van der Waals surface area contributed by atoms with Crippen LogP contribution in [-0.2, 0) is 6.54 Å². The Morgan fingerprint density at radius 1 is 1.30 bits per heavy atom. The lowest BCUT2D eigenvalue weighted by Crippen LogP contribution is -3.04. The van der Waals surface area contributed by atoms with E-state index in [1.165, 1.54) is 9.80 Å². The summed E-state index contributed by atoms with van der Waals surface area (Å²) >= 11 is 0. The summed E-state index contributed by atoms with van der Waals surface area (Å²) in [5, 5.41) is 0. The number of carbonyl (C=O) groups excluding carboxylic acids is 1. The lowest BCUT2D eigenvalue weighted by atomic mass is 9.95. The summed E-state index contributed by atoms with van der Waals surface area (Å²) in [5.74, 6) is 1.05. The van der Waals surface area contributed by atoms with Gasteiger partial charge in [0.1, 0.15) is 12.3 Å². The predicted octanol–water partition coefficient (Wildman–Crippen LogP) is 1.82. The van der Waals surface area contributed by atoms with E-state index in [2.05, 4.69) is 47.0 Å². The molecule has 0 aliphatic carbocycles. The number of hydrogen-bond donors (Lipinski definition) is 1. The fourth-order valence-electron chi connectivity index (χ4n) is 2.07. The Balaban J connectivity index is 3.32. The van der Waals surface area contributed by atoms with Crippen LogP contribution in [0.4, 0.5) is 4.79 Å². The number of quaternary nitrogens is 1. The number of amides is 1. The molecule has 0 aromatic heterocycles. The summed E-state index contributed by atoms with van der Waals surface area (Å²) in [4.78, 5) is 14.7. The fraction of sp³-hybridized carbons (Fsp3) is 0.562. The molecule has 20 heavy (non-hydrogen) atoms. The molecule has 1 N–H and O–H groups in total. The minimum Gasteiger partial charge on any atom is -0.409 e. The molecule has 1 aromatic carbocycles. The molecular formula is C16H27N2O2+. The van der Waals surface area contributed by atoms with Gasteiger partial charge >= 0.3 is 6.09 Å². The van der Waals surface area contributed by atoms with Crippen molar-refractivity contribution in [3.63, 3.8) is 0 Å². The number of ether oxygens (including phenoxy) is 1. The van der Waals surface area contributed by atoms with Gasteiger partial charge in [-0.15, -0.1) is 0 Å². The van der Waals surface area contributed by atoms with Gasteiger partial charge in [0.2, 0.25) is 0 Å². The molecule has 0 fully saturated rings. The van der Waals surface area contributed by atoms with E-state index in [4.69, 9.17) is 4.74 Å². The molecular weight excluding hydrogens is 252 g/mol. The molecule has 0 aliphatic rings. The second-order valence-corrected chi connectivity index (χ2v) is 6.08. The minimum absolute atomic E-state index is 0.316. The van der Waals surface area contributed by atoms with E-state index in [0.717, 1.165) is 29.0 Å². The Hall–Kier alpha value is -1.55. The number of rotatable bonds is 4. The molecule has 0 spiro atoms. The van der Waals surface area contributed by atoms with Gasteiger partial charge in [-0.3, -0.25) is 0 Å². The van der Waals surface area contributed by atoms with Crippen LogP contribution in [0.15, 0.2) is 12.1 Å². The van der Waals surface area contributed by atoms with Gasteiger partial charge in [0.05, 0.1) is 19.7 Å². The Morgan fingerprint density at radius 3 is 2.35 bits per heavy atom. The highest BCUT2D eigenvalue weighted by Gasteiger charge is 2.20. The molecule has 4 nitrogen and oxygen atoms in total. The van der Waals surface area contributed by atoms with Crippen LogP contribution < -0.4 is 9.64 Å². The normalized spacial score (nSPS) is 11.1. The van der Waals surface area contributed by atoms with E-state index >= 15 is 0 Å². The minimum atomic E-state index is -0.326. The standard InChI is InChI=1S/C16H26N2O2/c1-11(2)13-9-8-12(3)14(10-17(4)5)15(13)20-16(19)18(6)7/h8-9,11H,10H2,1-7H3/p+1. The highest BCUT2D eigenvalue weighted by atomic mass is 16.6. The molecule has 0 aliphatic heterocycles. The van der Waals surface area contributed by atoms with E-state index < -0.39 is 0 Å². The maximum Gasteiger partial charge on any atom is 0.414 e. The average Bonchev–Trinajstić information content (AvgIpc) is 2.32. The molecule has 112 valence electrons. The molecule has 0 bridgehead atoms. The van der Waals surface area contributed by atoms with Crippen LogP contribution in [0.25, 0.3) is 0 Å². The average molecular weight is 279 g/mol. The smallest absolute Gasteiger partial charge is 0.409 e. The van der Waals surface area contributed by atoms with Gasteiger partial charge in [0.15, 0.2) is 0 Å². The molecule has 0 radical (unpaired) electrons. The van der Waals surface area contributed by atoms with Gasteiger partial charge in [0, 0.05) is 14.1 Å². The first kappa shape index (κ1) is 16.5. The molecule has 0 heterocycles. The molecule has 0 saturated carbocycles. The number of carbonyl (C=O) groups is 1. The molecule has 4 heteroatoms. The van der Waals surface area contributed by atoms with Crippen molar-refractivity contribution >= 4 is 6.09 Å². The topological polar surface area (TPSA) is 34.0 Å². The predicted molar refractivity (Wildman–Crippen MR) is 81.5 cm³/mol. The summed E-state index contributed by atoms with van der Waals surface area (Å²) in [5.41, 5.74) is 3.37. The van der Waals surface area contributed by atoms with E-state index in [9.17, 15) is 4.79 Å². The van der Waals surface area contributed by atoms with Gasteiger partial charge in [0.25, 0.3) is 0 Å². The zero-order valence-corrected chi connectivity index (χ0v) is 13.7. The zero-order valence-electron chi connectivity index (χ0n) is 13.7. The van der Waals surface area contributed by atoms with Gasteiger partial charge in [-0.2, -0.15) is 0 Å². The Bertz CT molecular complexity index is 480. The molecule has 0 unspecified atom stereocenters. The maximum absolute atomic E-state index is 11.9. The quantitative estimate of drug-likeness (QED) is 0.912. The number of nitrogens with one attached hydrogen (secondary N) is 1. The summed E-state index contributed by atoms with van der Waals surface area (Å²) in [6.45, 7) is 7.13. The molecule has 1 rings (SSSR count). The van der Waals surface area contributed by atoms with E-state index in [0.29, 0.717) is 5.92 Å². The van der Waals surface area contributed by atoms with Crippen molar-refractivity contribution in [1.82, 2.24) is 4.90 Å². The van der Waals surface area contributed by atoms with E-state index in [-0.39, 0.29) is 6.09 Å². The number of nitrogens with zero attached hydrogens (tertiary/aromatic N) is 1. The number of aryl methyl sites for hydroxylation is 1. The first-order valence-corrected chi connectivity index (χ1v) is 7.04. The van der Waals surface area contributed by atoms with Crippen LogP contribution in [0.5, 0.6) is 5.75 Å². The van der Waals surface area contributed by atoms with Crippen molar-refractivity contribution in [1.29, 1.82) is 0 Å². The van der Waals surface area contributed by atoms with E-state index in [1.807, 2.05) is 0 Å². The summed E-state index contributed by atoms with van der Waals surface area (Å²) in [7, 11) is 7.59. The first-order chi connectivity index (χ1) is 9.23. The van der Waals surface area contributed by atoms with Crippen molar-refractivity contribution in [3.8, 4) is 5.75 Å². The monoisotopic (exact) mass is 279 g/mol. The summed E-state index contributed by atoms with van der Waals surface area (Å²) in [6.07, 6.45) is -0.326. The van der Waals surface area contributed by atoms with Crippen LogP contribution in [0.2, 0.25) is 0 Å².